The van der Waals surface area contributed by atoms with Crippen LogP contribution in [0.1, 0.15) is 76.7 Å². The van der Waals surface area contributed by atoms with Crippen LogP contribution >= 0.6 is 0 Å². The summed E-state index contributed by atoms with van der Waals surface area (Å²) < 4.78 is 1.07. The van der Waals surface area contributed by atoms with Gasteiger partial charge in [0.05, 0.1) is 20.6 Å². The molecule has 0 spiro atoms. The summed E-state index contributed by atoms with van der Waals surface area (Å²) in [5, 5.41) is 0. The van der Waals surface area contributed by atoms with Gasteiger partial charge in [0.15, 0.2) is 0 Å². The van der Waals surface area contributed by atoms with Crippen LogP contribution in [0.2, 0.25) is 0 Å². The molecule has 0 atom stereocenters. The zero-order valence-corrected chi connectivity index (χ0v) is 20.6. The van der Waals surface area contributed by atoms with Crippen molar-refractivity contribution in [2.45, 2.75) is 77.7 Å². The van der Waals surface area contributed by atoms with Gasteiger partial charge in [-0.25, -0.2) is 0 Å². The van der Waals surface area contributed by atoms with Gasteiger partial charge < -0.3 is 21.5 Å². The lowest BCUT2D eigenvalue weighted by atomic mass is 9.99. The average Bonchev–Trinajstić information content (AvgIpc) is 2.70. The molecule has 0 saturated carbocycles. The third kappa shape index (κ3) is 10.5. The minimum absolute atomic E-state index is 0. The maximum absolute atomic E-state index is 2.38. The molecule has 0 fully saturated rings. The fourth-order valence-corrected chi connectivity index (χ4v) is 4.12. The summed E-state index contributed by atoms with van der Waals surface area (Å²) in [6, 6.07) is 19.7. The van der Waals surface area contributed by atoms with Crippen molar-refractivity contribution < 1.29 is 21.5 Å². The average molecular weight is 461 g/mol. The first-order chi connectivity index (χ1) is 13.6. The molecule has 162 valence electrons. The van der Waals surface area contributed by atoms with E-state index in [-0.39, 0.29) is 17.0 Å². The van der Waals surface area contributed by atoms with Crippen molar-refractivity contribution >= 4 is 0 Å². The van der Waals surface area contributed by atoms with Gasteiger partial charge >= 0.3 is 0 Å². The zero-order chi connectivity index (χ0) is 20.1. The van der Waals surface area contributed by atoms with Gasteiger partial charge in [0.25, 0.3) is 0 Å². The van der Waals surface area contributed by atoms with Crippen molar-refractivity contribution in [1.29, 1.82) is 0 Å². The van der Waals surface area contributed by atoms with Gasteiger partial charge in [0, 0.05) is 5.56 Å². The molecule has 2 heteroatoms. The predicted octanol–water partition coefficient (Wildman–Crippen LogP) is 4.85. The molecular formula is C27H42BrN. The molecule has 0 radical (unpaired) electrons. The van der Waals surface area contributed by atoms with E-state index < -0.39 is 0 Å². The Balaban J connectivity index is 0.00000420. The quantitative estimate of drug-likeness (QED) is 0.279. The molecule has 0 aliphatic rings. The second kappa shape index (κ2) is 14.8. The van der Waals surface area contributed by atoms with Crippen LogP contribution in [0.3, 0.4) is 0 Å². The van der Waals surface area contributed by atoms with E-state index in [4.69, 9.17) is 0 Å². The highest BCUT2D eigenvalue weighted by Gasteiger charge is 2.17. The normalized spacial score (nSPS) is 11.3. The molecule has 0 heterocycles. The predicted molar refractivity (Wildman–Crippen MR) is 124 cm³/mol. The Kier molecular flexibility index (Phi) is 13.2. The van der Waals surface area contributed by atoms with Gasteiger partial charge in [0.2, 0.25) is 0 Å². The third-order valence-corrected chi connectivity index (χ3v) is 5.82. The van der Waals surface area contributed by atoms with Crippen molar-refractivity contribution in [3.05, 3.63) is 60.2 Å². The van der Waals surface area contributed by atoms with Crippen LogP contribution in [0.25, 0.3) is 11.1 Å². The first kappa shape index (κ1) is 25.9. The van der Waals surface area contributed by atoms with E-state index in [0.29, 0.717) is 0 Å². The van der Waals surface area contributed by atoms with E-state index in [1.54, 1.807) is 0 Å². The summed E-state index contributed by atoms with van der Waals surface area (Å²) in [6.07, 6.45) is 14.1. The Bertz CT molecular complexity index is 651. The molecule has 0 N–H and O–H groups in total. The summed E-state index contributed by atoms with van der Waals surface area (Å²) in [4.78, 5) is 0. The molecule has 0 aromatic heterocycles. The van der Waals surface area contributed by atoms with Crippen molar-refractivity contribution in [2.24, 2.45) is 0 Å². The van der Waals surface area contributed by atoms with Crippen LogP contribution in [0.4, 0.5) is 0 Å². The molecule has 0 aliphatic heterocycles. The van der Waals surface area contributed by atoms with Gasteiger partial charge in [-0.2, -0.15) is 0 Å². The number of nitrogens with zero attached hydrogens (tertiary/aromatic N) is 1. The van der Waals surface area contributed by atoms with Gasteiger partial charge in [-0.15, -0.1) is 0 Å². The summed E-state index contributed by atoms with van der Waals surface area (Å²) in [5.41, 5.74) is 4.18. The summed E-state index contributed by atoms with van der Waals surface area (Å²) in [7, 11) is 4.77. The standard InChI is InChI=1S/C27H42N.BrH/c1-4-5-6-7-8-9-10-11-12-18-23-28(2,3)24-26-21-16-17-22-27(26)25-19-14-13-15-20-25;/h13-17,19-22H,4-12,18,23-24H2,1-3H3;1H/q+1;/p-1. The zero-order valence-electron chi connectivity index (χ0n) is 19.0. The molecule has 2 aromatic rings. The second-order valence-corrected chi connectivity index (χ2v) is 9.02. The molecule has 2 aromatic carbocycles. The highest BCUT2D eigenvalue weighted by molar-refractivity contribution is 5.66. The van der Waals surface area contributed by atoms with Crippen molar-refractivity contribution in [3.63, 3.8) is 0 Å². The van der Waals surface area contributed by atoms with E-state index in [1.807, 2.05) is 0 Å². The van der Waals surface area contributed by atoms with Gasteiger partial charge in [-0.1, -0.05) is 113 Å². The van der Waals surface area contributed by atoms with Crippen molar-refractivity contribution in [2.75, 3.05) is 20.6 Å². The smallest absolute Gasteiger partial charge is 0.105 e. The largest absolute Gasteiger partial charge is 1.00 e. The lowest BCUT2D eigenvalue weighted by Gasteiger charge is -2.31. The van der Waals surface area contributed by atoms with Crippen LogP contribution in [0.5, 0.6) is 0 Å². The number of quaternary nitrogens is 1. The Labute approximate surface area is 190 Å². The molecular weight excluding hydrogens is 418 g/mol. The fourth-order valence-electron chi connectivity index (χ4n) is 4.12. The number of unbranched alkanes of at least 4 members (excludes halogenated alkanes) is 9. The molecule has 0 saturated heterocycles. The molecule has 1 nitrogen and oxygen atoms in total. The Hall–Kier alpha value is -1.12. The maximum atomic E-state index is 2.38. The summed E-state index contributed by atoms with van der Waals surface area (Å²) >= 11 is 0. The number of hydrogen-bond donors (Lipinski definition) is 0. The summed E-state index contributed by atoms with van der Waals surface area (Å²) in [6.45, 7) is 4.66. The van der Waals surface area contributed by atoms with E-state index in [9.17, 15) is 0 Å². The first-order valence-electron chi connectivity index (χ1n) is 11.6. The lowest BCUT2D eigenvalue weighted by Crippen LogP contribution is -3.00. The SMILES string of the molecule is CCCCCCCCCCCC[N+](C)(C)Cc1ccccc1-c1ccccc1.[Br-]. The first-order valence-corrected chi connectivity index (χ1v) is 11.6. The fraction of sp³-hybridized carbons (Fsp3) is 0.556. The highest BCUT2D eigenvalue weighted by Crippen LogP contribution is 2.26. The van der Waals surface area contributed by atoms with Crippen LogP contribution < -0.4 is 17.0 Å². The minimum atomic E-state index is 0. The molecule has 0 unspecified atom stereocenters. The van der Waals surface area contributed by atoms with Crippen LogP contribution in [0.15, 0.2) is 54.6 Å². The number of benzene rings is 2. The Morgan fingerprint density at radius 3 is 1.76 bits per heavy atom. The van der Waals surface area contributed by atoms with E-state index >= 15 is 0 Å². The third-order valence-electron chi connectivity index (χ3n) is 5.82. The minimum Gasteiger partial charge on any atom is -1.00 e. The highest BCUT2D eigenvalue weighted by atomic mass is 79.9. The molecule has 0 bridgehead atoms. The molecule has 29 heavy (non-hydrogen) atoms. The van der Waals surface area contributed by atoms with Gasteiger partial charge in [-0.3, -0.25) is 0 Å². The van der Waals surface area contributed by atoms with E-state index in [0.717, 1.165) is 11.0 Å². The van der Waals surface area contributed by atoms with E-state index in [1.165, 1.54) is 87.4 Å². The Morgan fingerprint density at radius 2 is 1.14 bits per heavy atom. The Morgan fingerprint density at radius 1 is 0.621 bits per heavy atom. The van der Waals surface area contributed by atoms with Crippen molar-refractivity contribution in [1.82, 2.24) is 0 Å². The topological polar surface area (TPSA) is 0 Å². The van der Waals surface area contributed by atoms with Crippen LogP contribution in [0, 0.1) is 0 Å². The van der Waals surface area contributed by atoms with Crippen molar-refractivity contribution in [3.8, 4) is 11.1 Å². The van der Waals surface area contributed by atoms with Crippen LogP contribution in [-0.2, 0) is 6.54 Å². The number of halogens is 1. The molecule has 0 amide bonds. The lowest BCUT2D eigenvalue weighted by molar-refractivity contribution is -0.903. The van der Waals surface area contributed by atoms with Gasteiger partial charge in [0.1, 0.15) is 6.54 Å². The molecule has 0 aliphatic carbocycles. The van der Waals surface area contributed by atoms with Crippen LogP contribution in [-0.4, -0.2) is 25.1 Å². The number of rotatable bonds is 14. The molecule has 2 rings (SSSR count). The number of hydrogen-bond acceptors (Lipinski definition) is 0. The second-order valence-electron chi connectivity index (χ2n) is 9.02. The van der Waals surface area contributed by atoms with Gasteiger partial charge in [-0.05, 0) is 24.0 Å². The van der Waals surface area contributed by atoms with E-state index in [2.05, 4.69) is 75.6 Å². The maximum Gasteiger partial charge on any atom is 0.105 e. The summed E-state index contributed by atoms with van der Waals surface area (Å²) in [5.74, 6) is 0. The monoisotopic (exact) mass is 459 g/mol.